The lowest BCUT2D eigenvalue weighted by molar-refractivity contribution is 0.0691. The Bertz CT molecular complexity index is 781. The smallest absolute Gasteiger partial charge is 0.352 e. The second-order valence-corrected chi connectivity index (χ2v) is 5.53. The number of thiazole rings is 1. The van der Waals surface area contributed by atoms with Gasteiger partial charge >= 0.3 is 5.97 Å². The lowest BCUT2D eigenvalue weighted by atomic mass is 10.2. The number of fused-ring (bicyclic) bond motifs is 1. The predicted octanol–water partition coefficient (Wildman–Crippen LogP) is 3.56. The fourth-order valence-electron chi connectivity index (χ4n) is 1.87. The standard InChI is InChI=1S/C13H9ClN2O3S/c14-13-15-7(6-20-13)5-19-11-3-1-2-9-8(11)4-10(16-9)12(17)18/h1-4,6,16H,5H2,(H,17,18). The van der Waals surface area contributed by atoms with E-state index in [0.717, 1.165) is 16.6 Å². The number of nitrogens with one attached hydrogen (secondary N) is 1. The van der Waals surface area contributed by atoms with E-state index in [-0.39, 0.29) is 12.3 Å². The van der Waals surface area contributed by atoms with Crippen molar-refractivity contribution in [3.63, 3.8) is 0 Å². The first kappa shape index (κ1) is 13.0. The summed E-state index contributed by atoms with van der Waals surface area (Å²) in [5.41, 5.74) is 1.59. The van der Waals surface area contributed by atoms with Crippen LogP contribution in [0.15, 0.2) is 29.6 Å². The number of hydrogen-bond acceptors (Lipinski definition) is 4. The van der Waals surface area contributed by atoms with Crippen molar-refractivity contribution in [1.29, 1.82) is 0 Å². The number of ether oxygens (including phenoxy) is 1. The Hall–Kier alpha value is -2.05. The molecule has 2 heterocycles. The molecule has 3 aromatic rings. The molecule has 2 aromatic heterocycles. The van der Waals surface area contributed by atoms with Crippen molar-refractivity contribution < 1.29 is 14.6 Å². The van der Waals surface area contributed by atoms with Crippen LogP contribution in [0.5, 0.6) is 5.75 Å². The number of aromatic nitrogens is 2. The number of nitrogens with zero attached hydrogens (tertiary/aromatic N) is 1. The summed E-state index contributed by atoms with van der Waals surface area (Å²) in [6, 6.07) is 6.94. The second-order valence-electron chi connectivity index (χ2n) is 4.09. The summed E-state index contributed by atoms with van der Waals surface area (Å²) in [5.74, 6) is -0.395. The molecule has 1 aromatic carbocycles. The SMILES string of the molecule is O=C(O)c1cc2c(OCc3csc(Cl)n3)cccc2[nH]1. The fourth-order valence-corrected chi connectivity index (χ4v) is 2.63. The van der Waals surface area contributed by atoms with Gasteiger partial charge in [0.1, 0.15) is 18.1 Å². The van der Waals surface area contributed by atoms with Crippen LogP contribution < -0.4 is 4.74 Å². The summed E-state index contributed by atoms with van der Waals surface area (Å²) < 4.78 is 6.15. The fraction of sp³-hybridized carbons (Fsp3) is 0.0769. The molecule has 0 atom stereocenters. The van der Waals surface area contributed by atoms with Gasteiger partial charge < -0.3 is 14.8 Å². The van der Waals surface area contributed by atoms with Gasteiger partial charge in [-0.2, -0.15) is 0 Å². The summed E-state index contributed by atoms with van der Waals surface area (Å²) in [6.07, 6.45) is 0. The zero-order valence-corrected chi connectivity index (χ0v) is 11.7. The van der Waals surface area contributed by atoms with Gasteiger partial charge in [0, 0.05) is 16.3 Å². The number of carbonyl (C=O) groups is 1. The number of hydrogen-bond donors (Lipinski definition) is 2. The van der Waals surface area contributed by atoms with E-state index in [2.05, 4.69) is 9.97 Å². The Morgan fingerprint density at radius 1 is 1.50 bits per heavy atom. The minimum Gasteiger partial charge on any atom is -0.487 e. The van der Waals surface area contributed by atoms with Crippen LogP contribution in [0.4, 0.5) is 0 Å². The first-order valence-electron chi connectivity index (χ1n) is 5.71. The Morgan fingerprint density at radius 2 is 2.35 bits per heavy atom. The van der Waals surface area contributed by atoms with E-state index in [1.54, 1.807) is 24.3 Å². The van der Waals surface area contributed by atoms with Gasteiger partial charge in [-0.25, -0.2) is 9.78 Å². The highest BCUT2D eigenvalue weighted by Crippen LogP contribution is 2.27. The van der Waals surface area contributed by atoms with Gasteiger partial charge in [0.15, 0.2) is 4.47 Å². The maximum atomic E-state index is 11.0. The van der Waals surface area contributed by atoms with Crippen molar-refractivity contribution in [3.05, 3.63) is 45.5 Å². The molecule has 0 spiro atoms. The van der Waals surface area contributed by atoms with Crippen LogP contribution in [0, 0.1) is 0 Å². The molecule has 0 aliphatic rings. The van der Waals surface area contributed by atoms with Crippen molar-refractivity contribution >= 4 is 39.8 Å². The lowest BCUT2D eigenvalue weighted by Gasteiger charge is -2.05. The monoisotopic (exact) mass is 308 g/mol. The minimum absolute atomic E-state index is 0.132. The second kappa shape index (κ2) is 5.15. The average Bonchev–Trinajstić information content (AvgIpc) is 3.02. The molecule has 0 amide bonds. The summed E-state index contributed by atoms with van der Waals surface area (Å²) >= 11 is 7.10. The van der Waals surface area contributed by atoms with Gasteiger partial charge in [-0.05, 0) is 18.2 Å². The number of carboxylic acids is 1. The molecule has 0 radical (unpaired) electrons. The lowest BCUT2D eigenvalue weighted by Crippen LogP contribution is -1.95. The Kier molecular flexibility index (Phi) is 3.33. The Morgan fingerprint density at radius 3 is 3.05 bits per heavy atom. The number of aromatic amines is 1. The summed E-state index contributed by atoms with van der Waals surface area (Å²) in [7, 11) is 0. The number of halogens is 1. The molecular formula is C13H9ClN2O3S. The van der Waals surface area contributed by atoms with E-state index >= 15 is 0 Å². The molecule has 0 aliphatic carbocycles. The number of aromatic carboxylic acids is 1. The van der Waals surface area contributed by atoms with E-state index in [1.165, 1.54) is 11.3 Å². The van der Waals surface area contributed by atoms with Gasteiger partial charge in [0.25, 0.3) is 0 Å². The zero-order chi connectivity index (χ0) is 14.1. The predicted molar refractivity (Wildman–Crippen MR) is 76.7 cm³/mol. The van der Waals surface area contributed by atoms with E-state index in [0.29, 0.717) is 10.2 Å². The summed E-state index contributed by atoms with van der Waals surface area (Å²) in [4.78, 5) is 17.9. The number of carboxylic acid groups (broad SMARTS) is 1. The quantitative estimate of drug-likeness (QED) is 0.773. The van der Waals surface area contributed by atoms with E-state index in [4.69, 9.17) is 21.4 Å². The summed E-state index contributed by atoms with van der Waals surface area (Å²) in [6.45, 7) is 0.288. The number of H-pyrrole nitrogens is 1. The van der Waals surface area contributed by atoms with Gasteiger partial charge in [-0.3, -0.25) is 0 Å². The van der Waals surface area contributed by atoms with E-state index < -0.39 is 5.97 Å². The summed E-state index contributed by atoms with van der Waals surface area (Å²) in [5, 5.41) is 11.5. The van der Waals surface area contributed by atoms with Gasteiger partial charge in [-0.1, -0.05) is 17.7 Å². The molecule has 2 N–H and O–H groups in total. The van der Waals surface area contributed by atoms with Crippen LogP contribution in [0.3, 0.4) is 0 Å². The molecule has 7 heteroatoms. The van der Waals surface area contributed by atoms with Crippen molar-refractivity contribution in [3.8, 4) is 5.75 Å². The third-order valence-corrected chi connectivity index (χ3v) is 3.78. The van der Waals surface area contributed by atoms with Crippen molar-refractivity contribution in [2.24, 2.45) is 0 Å². The molecule has 0 bridgehead atoms. The highest BCUT2D eigenvalue weighted by atomic mass is 35.5. The average molecular weight is 309 g/mol. The van der Waals surface area contributed by atoms with Crippen LogP contribution in [-0.4, -0.2) is 21.0 Å². The van der Waals surface area contributed by atoms with Crippen molar-refractivity contribution in [2.45, 2.75) is 6.61 Å². The molecule has 0 saturated heterocycles. The Labute approximate surface area is 122 Å². The number of benzene rings is 1. The van der Waals surface area contributed by atoms with Gasteiger partial charge in [-0.15, -0.1) is 11.3 Å². The normalized spacial score (nSPS) is 10.8. The maximum Gasteiger partial charge on any atom is 0.352 e. The Balaban J connectivity index is 1.89. The third kappa shape index (κ3) is 2.48. The highest BCUT2D eigenvalue weighted by molar-refractivity contribution is 7.13. The maximum absolute atomic E-state index is 11.0. The molecule has 0 aliphatic heterocycles. The first-order chi connectivity index (χ1) is 9.63. The minimum atomic E-state index is -1.00. The molecule has 0 fully saturated rings. The van der Waals surface area contributed by atoms with Gasteiger partial charge in [0.05, 0.1) is 5.69 Å². The van der Waals surface area contributed by atoms with Crippen molar-refractivity contribution in [2.75, 3.05) is 0 Å². The molecule has 0 saturated carbocycles. The molecule has 20 heavy (non-hydrogen) atoms. The number of rotatable bonds is 4. The topological polar surface area (TPSA) is 75.2 Å². The highest BCUT2D eigenvalue weighted by Gasteiger charge is 2.11. The van der Waals surface area contributed by atoms with Crippen LogP contribution in [0.1, 0.15) is 16.2 Å². The first-order valence-corrected chi connectivity index (χ1v) is 6.97. The van der Waals surface area contributed by atoms with E-state index in [9.17, 15) is 4.79 Å². The van der Waals surface area contributed by atoms with Crippen molar-refractivity contribution in [1.82, 2.24) is 9.97 Å². The molecule has 3 rings (SSSR count). The van der Waals surface area contributed by atoms with E-state index in [1.807, 2.05) is 5.38 Å². The van der Waals surface area contributed by atoms with Crippen LogP contribution in [0.25, 0.3) is 10.9 Å². The molecule has 102 valence electrons. The van der Waals surface area contributed by atoms with Gasteiger partial charge in [0.2, 0.25) is 0 Å². The molecular weight excluding hydrogens is 300 g/mol. The van der Waals surface area contributed by atoms with Crippen LogP contribution >= 0.6 is 22.9 Å². The zero-order valence-electron chi connectivity index (χ0n) is 10.1. The molecule has 0 unspecified atom stereocenters. The largest absolute Gasteiger partial charge is 0.487 e. The van der Waals surface area contributed by atoms with Crippen LogP contribution in [-0.2, 0) is 6.61 Å². The third-order valence-electron chi connectivity index (χ3n) is 2.75. The van der Waals surface area contributed by atoms with Crippen LogP contribution in [0.2, 0.25) is 4.47 Å². The molecule has 5 nitrogen and oxygen atoms in total.